The van der Waals surface area contributed by atoms with Crippen molar-refractivity contribution < 1.29 is 20.4 Å². The molecular weight excluding hydrogens is 436 g/mol. The molecule has 0 heterocycles. The van der Waals surface area contributed by atoms with Crippen molar-refractivity contribution in [1.29, 1.82) is 0 Å². The van der Waals surface area contributed by atoms with Crippen LogP contribution >= 0.6 is 0 Å². The molecule has 1 aliphatic carbocycles. The van der Waals surface area contributed by atoms with Gasteiger partial charge in [-0.2, -0.15) is 0 Å². The van der Waals surface area contributed by atoms with Crippen LogP contribution in [-0.4, -0.2) is 20.4 Å². The standard InChI is InChI=1S/C31H30O4/c1-2-7-25-26-14-5-12-23(30(26)34)17-21-10-3-8-19(28(21)32)16-20-9-4-11-22(29(20)33)18-24-13-6-15-27(25)31(24)35/h3-6,8-15,25,32-35H,2,7,16-18H2,1H3. The average Bonchev–Trinajstić information content (AvgIpc) is 2.85. The SMILES string of the molecule is CCCC1c2cccc(c2O)Cc2cccc(c2O)Cc2cccc(c2O)Cc2cccc1c2O. The first-order chi connectivity index (χ1) is 17.0. The third kappa shape index (κ3) is 4.21. The fraction of sp³-hybridized carbons (Fsp3) is 0.226. The lowest BCUT2D eigenvalue weighted by Gasteiger charge is -2.23. The van der Waals surface area contributed by atoms with Crippen LogP contribution in [0.5, 0.6) is 23.0 Å². The lowest BCUT2D eigenvalue weighted by Crippen LogP contribution is -2.05. The first-order valence-corrected chi connectivity index (χ1v) is 12.2. The van der Waals surface area contributed by atoms with Crippen LogP contribution in [0.2, 0.25) is 0 Å². The average molecular weight is 467 g/mol. The van der Waals surface area contributed by atoms with Gasteiger partial charge in [0.2, 0.25) is 0 Å². The van der Waals surface area contributed by atoms with Crippen molar-refractivity contribution in [2.45, 2.75) is 44.9 Å². The van der Waals surface area contributed by atoms with Gasteiger partial charge in [-0.15, -0.1) is 0 Å². The maximum absolute atomic E-state index is 11.3. The molecule has 0 spiro atoms. The molecule has 0 fully saturated rings. The lowest BCUT2D eigenvalue weighted by molar-refractivity contribution is 0.442. The van der Waals surface area contributed by atoms with Crippen LogP contribution in [0.4, 0.5) is 0 Å². The summed E-state index contributed by atoms with van der Waals surface area (Å²) in [6, 6.07) is 22.7. The van der Waals surface area contributed by atoms with Gasteiger partial charge in [-0.05, 0) is 39.8 Å². The molecule has 0 saturated heterocycles. The molecule has 0 saturated carbocycles. The van der Waals surface area contributed by atoms with Crippen LogP contribution in [0.25, 0.3) is 0 Å². The number of para-hydroxylation sites is 4. The first kappa shape index (κ1) is 22.9. The first-order valence-electron chi connectivity index (χ1n) is 12.2. The topological polar surface area (TPSA) is 80.9 Å². The van der Waals surface area contributed by atoms with E-state index < -0.39 is 0 Å². The van der Waals surface area contributed by atoms with Crippen molar-refractivity contribution in [3.8, 4) is 23.0 Å². The normalized spacial score (nSPS) is 13.5. The minimum Gasteiger partial charge on any atom is -0.507 e. The lowest BCUT2D eigenvalue weighted by atomic mass is 9.83. The molecule has 8 bridgehead atoms. The summed E-state index contributed by atoms with van der Waals surface area (Å²) in [4.78, 5) is 0. The maximum Gasteiger partial charge on any atom is 0.122 e. The molecule has 1 aliphatic rings. The predicted molar refractivity (Wildman–Crippen MR) is 138 cm³/mol. The molecule has 0 radical (unpaired) electrons. The summed E-state index contributed by atoms with van der Waals surface area (Å²) < 4.78 is 0. The summed E-state index contributed by atoms with van der Waals surface area (Å²) >= 11 is 0. The summed E-state index contributed by atoms with van der Waals surface area (Å²) in [5, 5.41) is 44.9. The van der Waals surface area contributed by atoms with E-state index in [1.807, 2.05) is 72.8 Å². The van der Waals surface area contributed by atoms with Gasteiger partial charge in [0.15, 0.2) is 0 Å². The van der Waals surface area contributed by atoms with Crippen LogP contribution in [0.3, 0.4) is 0 Å². The van der Waals surface area contributed by atoms with Gasteiger partial charge in [0.05, 0.1) is 0 Å². The van der Waals surface area contributed by atoms with Crippen LogP contribution in [0.15, 0.2) is 72.8 Å². The molecule has 0 aliphatic heterocycles. The molecule has 0 atom stereocenters. The van der Waals surface area contributed by atoms with E-state index >= 15 is 0 Å². The molecule has 0 unspecified atom stereocenters. The fourth-order valence-corrected chi connectivity index (χ4v) is 5.31. The van der Waals surface area contributed by atoms with Crippen LogP contribution in [0.1, 0.15) is 70.2 Å². The highest BCUT2D eigenvalue weighted by Gasteiger charge is 2.24. The number of fused-ring (bicyclic) bond motifs is 8. The van der Waals surface area contributed by atoms with E-state index in [0.29, 0.717) is 30.4 Å². The summed E-state index contributed by atoms with van der Waals surface area (Å²) in [7, 11) is 0. The Bertz CT molecular complexity index is 1290. The van der Waals surface area contributed by atoms with Crippen molar-refractivity contribution in [3.63, 3.8) is 0 Å². The third-order valence-electron chi connectivity index (χ3n) is 7.18. The molecule has 0 aromatic heterocycles. The van der Waals surface area contributed by atoms with Crippen molar-refractivity contribution in [1.82, 2.24) is 0 Å². The number of rotatable bonds is 2. The summed E-state index contributed by atoms with van der Waals surface area (Å²) in [5.41, 5.74) is 5.85. The fourth-order valence-electron chi connectivity index (χ4n) is 5.31. The Morgan fingerprint density at radius 1 is 0.514 bits per heavy atom. The van der Waals surface area contributed by atoms with Crippen molar-refractivity contribution in [2.24, 2.45) is 0 Å². The Kier molecular flexibility index (Phi) is 6.12. The van der Waals surface area contributed by atoms with Gasteiger partial charge in [-0.3, -0.25) is 0 Å². The molecule has 0 amide bonds. The van der Waals surface area contributed by atoms with E-state index in [2.05, 4.69) is 6.92 Å². The Balaban J connectivity index is 1.76. The third-order valence-corrected chi connectivity index (χ3v) is 7.18. The van der Waals surface area contributed by atoms with E-state index in [0.717, 1.165) is 46.2 Å². The van der Waals surface area contributed by atoms with Crippen molar-refractivity contribution >= 4 is 0 Å². The largest absolute Gasteiger partial charge is 0.507 e. The molecule has 35 heavy (non-hydrogen) atoms. The van der Waals surface area contributed by atoms with Gasteiger partial charge in [0.1, 0.15) is 23.0 Å². The zero-order valence-corrected chi connectivity index (χ0v) is 19.8. The van der Waals surface area contributed by atoms with E-state index in [1.54, 1.807) is 0 Å². The van der Waals surface area contributed by atoms with E-state index in [1.165, 1.54) is 0 Å². The molecule has 4 nitrogen and oxygen atoms in total. The zero-order chi connectivity index (χ0) is 24.5. The number of benzene rings is 4. The molecule has 4 heteroatoms. The Morgan fingerprint density at radius 3 is 1.17 bits per heavy atom. The van der Waals surface area contributed by atoms with Crippen LogP contribution < -0.4 is 0 Å². The Morgan fingerprint density at radius 2 is 0.829 bits per heavy atom. The van der Waals surface area contributed by atoms with Gasteiger partial charge >= 0.3 is 0 Å². The summed E-state index contributed by atoms with van der Waals surface area (Å²) in [6.07, 6.45) is 2.75. The number of phenols is 4. The monoisotopic (exact) mass is 466 g/mol. The predicted octanol–water partition coefficient (Wildman–Crippen LogP) is 6.53. The molecule has 4 aromatic carbocycles. The summed E-state index contributed by atoms with van der Waals surface area (Å²) in [6.45, 7) is 2.09. The van der Waals surface area contributed by atoms with Gasteiger partial charge in [-0.25, -0.2) is 0 Å². The highest BCUT2D eigenvalue weighted by atomic mass is 16.3. The quantitative estimate of drug-likeness (QED) is 0.271. The Labute approximate surface area is 205 Å². The van der Waals surface area contributed by atoms with E-state index in [-0.39, 0.29) is 28.9 Å². The van der Waals surface area contributed by atoms with Gasteiger partial charge in [0.25, 0.3) is 0 Å². The molecule has 5 rings (SSSR count). The Hall–Kier alpha value is -3.92. The second-order valence-corrected chi connectivity index (χ2v) is 9.43. The molecule has 4 N–H and O–H groups in total. The molecular formula is C31H30O4. The maximum atomic E-state index is 11.3. The highest BCUT2D eigenvalue weighted by Crippen LogP contribution is 2.43. The minimum absolute atomic E-state index is 0.183. The van der Waals surface area contributed by atoms with Crippen molar-refractivity contribution in [2.75, 3.05) is 0 Å². The molecule has 4 aromatic rings. The smallest absolute Gasteiger partial charge is 0.122 e. The van der Waals surface area contributed by atoms with Crippen molar-refractivity contribution in [3.05, 3.63) is 117 Å². The number of aromatic hydroxyl groups is 4. The summed E-state index contributed by atoms with van der Waals surface area (Å²) in [5.74, 6) is 0.586. The van der Waals surface area contributed by atoms with Gasteiger partial charge in [0, 0.05) is 36.3 Å². The van der Waals surface area contributed by atoms with Crippen LogP contribution in [0, 0.1) is 0 Å². The van der Waals surface area contributed by atoms with E-state index in [4.69, 9.17) is 0 Å². The number of hydrogen-bond acceptors (Lipinski definition) is 4. The molecule has 178 valence electrons. The number of phenolic OH excluding ortho intramolecular Hbond substituents is 4. The zero-order valence-electron chi connectivity index (χ0n) is 19.8. The number of hydrogen-bond donors (Lipinski definition) is 4. The second-order valence-electron chi connectivity index (χ2n) is 9.43. The van der Waals surface area contributed by atoms with Crippen LogP contribution in [-0.2, 0) is 19.3 Å². The van der Waals surface area contributed by atoms with Gasteiger partial charge in [-0.1, -0.05) is 86.1 Å². The van der Waals surface area contributed by atoms with Gasteiger partial charge < -0.3 is 20.4 Å². The second kappa shape index (κ2) is 9.38. The van der Waals surface area contributed by atoms with E-state index in [9.17, 15) is 20.4 Å². The highest BCUT2D eigenvalue weighted by molar-refractivity contribution is 5.56. The minimum atomic E-state index is -0.187.